The lowest BCUT2D eigenvalue weighted by atomic mass is 10.0. The van der Waals surface area contributed by atoms with Crippen LogP contribution < -0.4 is 0 Å². The third-order valence-corrected chi connectivity index (χ3v) is 4.58. The van der Waals surface area contributed by atoms with Crippen molar-refractivity contribution in [2.24, 2.45) is 0 Å². The first kappa shape index (κ1) is 17.1. The molecule has 0 spiro atoms. The van der Waals surface area contributed by atoms with Gasteiger partial charge in [0.1, 0.15) is 11.1 Å². The molecule has 4 aromatic rings. The Hall–Kier alpha value is -3.34. The van der Waals surface area contributed by atoms with E-state index < -0.39 is 11.9 Å². The second-order valence-electron chi connectivity index (χ2n) is 6.13. The molecule has 1 aromatic carbocycles. The van der Waals surface area contributed by atoms with Gasteiger partial charge in [0.25, 0.3) is 0 Å². The number of hydrogen-bond donors (Lipinski definition) is 0. The number of hydrogen-bond acceptors (Lipinski definition) is 4. The van der Waals surface area contributed by atoms with E-state index in [0.717, 1.165) is 16.6 Å². The van der Waals surface area contributed by atoms with E-state index in [9.17, 15) is 9.59 Å². The van der Waals surface area contributed by atoms with Crippen LogP contribution in [0, 0.1) is 0 Å². The fourth-order valence-corrected chi connectivity index (χ4v) is 3.56. The van der Waals surface area contributed by atoms with Crippen LogP contribution in [0.15, 0.2) is 54.6 Å². The van der Waals surface area contributed by atoms with Gasteiger partial charge in [-0.25, -0.2) is 9.59 Å². The number of pyridine rings is 1. The summed E-state index contributed by atoms with van der Waals surface area (Å²) < 4.78 is 12.5. The van der Waals surface area contributed by atoms with Gasteiger partial charge in [0.05, 0.1) is 24.2 Å². The first-order valence-corrected chi connectivity index (χ1v) is 8.96. The van der Waals surface area contributed by atoms with Gasteiger partial charge in [-0.1, -0.05) is 36.4 Å². The maximum Gasteiger partial charge on any atom is 0.341 e. The average molecular weight is 361 g/mol. The molecule has 0 fully saturated rings. The van der Waals surface area contributed by atoms with E-state index >= 15 is 0 Å². The van der Waals surface area contributed by atoms with Crippen LogP contribution in [0.3, 0.4) is 0 Å². The number of carbonyl (C=O) groups excluding carboxylic acids is 2. The van der Waals surface area contributed by atoms with Crippen molar-refractivity contribution in [1.29, 1.82) is 0 Å². The van der Waals surface area contributed by atoms with Gasteiger partial charge < -0.3 is 13.9 Å². The Labute approximate surface area is 156 Å². The van der Waals surface area contributed by atoms with Gasteiger partial charge in [-0.3, -0.25) is 0 Å². The fourth-order valence-electron chi connectivity index (χ4n) is 3.56. The summed E-state index contributed by atoms with van der Waals surface area (Å²) in [6.07, 6.45) is 0. The molecule has 0 aliphatic rings. The third-order valence-electron chi connectivity index (χ3n) is 4.58. The number of esters is 2. The number of rotatable bonds is 5. The smallest absolute Gasteiger partial charge is 0.341 e. The molecule has 4 rings (SSSR count). The van der Waals surface area contributed by atoms with Crippen LogP contribution in [0.1, 0.15) is 34.6 Å². The zero-order valence-corrected chi connectivity index (χ0v) is 15.2. The van der Waals surface area contributed by atoms with Crippen molar-refractivity contribution < 1.29 is 19.1 Å². The van der Waals surface area contributed by atoms with Crippen LogP contribution in [-0.4, -0.2) is 29.6 Å². The Bertz CT molecular complexity index is 1130. The summed E-state index contributed by atoms with van der Waals surface area (Å²) in [7, 11) is 0. The van der Waals surface area contributed by atoms with Crippen molar-refractivity contribution in [1.82, 2.24) is 4.40 Å². The van der Waals surface area contributed by atoms with Crippen LogP contribution in [0.2, 0.25) is 0 Å². The van der Waals surface area contributed by atoms with Gasteiger partial charge in [0, 0.05) is 11.1 Å². The van der Waals surface area contributed by atoms with Crippen molar-refractivity contribution in [3.63, 3.8) is 0 Å². The third kappa shape index (κ3) is 2.63. The van der Waals surface area contributed by atoms with E-state index in [1.807, 2.05) is 59.0 Å². The molecule has 0 N–H and O–H groups in total. The molecule has 0 saturated carbocycles. The molecule has 3 heterocycles. The number of ether oxygens (including phenoxy) is 2. The molecule has 136 valence electrons. The SMILES string of the molecule is CCOC(=O)c1c(C(=O)OCC)c2c(-c3ccccc3)cc3cccc1n32. The minimum atomic E-state index is -0.520. The van der Waals surface area contributed by atoms with Gasteiger partial charge in [0.15, 0.2) is 0 Å². The first-order chi connectivity index (χ1) is 13.2. The lowest BCUT2D eigenvalue weighted by Crippen LogP contribution is -2.12. The Morgan fingerprint density at radius 2 is 1.52 bits per heavy atom. The molecule has 3 aromatic heterocycles. The summed E-state index contributed by atoms with van der Waals surface area (Å²) in [6, 6.07) is 17.5. The molecule has 0 radical (unpaired) electrons. The molecule has 5 nitrogen and oxygen atoms in total. The largest absolute Gasteiger partial charge is 0.462 e. The van der Waals surface area contributed by atoms with Crippen molar-refractivity contribution >= 4 is 28.5 Å². The Morgan fingerprint density at radius 1 is 0.852 bits per heavy atom. The molecule has 0 aliphatic heterocycles. The second-order valence-corrected chi connectivity index (χ2v) is 6.13. The highest BCUT2D eigenvalue weighted by molar-refractivity contribution is 6.17. The summed E-state index contributed by atoms with van der Waals surface area (Å²) in [5.74, 6) is -1.04. The number of aromatic nitrogens is 1. The predicted octanol–water partition coefficient (Wildman–Crippen LogP) is 4.55. The maximum absolute atomic E-state index is 12.9. The van der Waals surface area contributed by atoms with Crippen molar-refractivity contribution in [3.05, 3.63) is 65.7 Å². The van der Waals surface area contributed by atoms with Crippen LogP contribution in [0.25, 0.3) is 27.7 Å². The van der Waals surface area contributed by atoms with Crippen LogP contribution in [0.5, 0.6) is 0 Å². The second kappa shape index (κ2) is 6.76. The summed E-state index contributed by atoms with van der Waals surface area (Å²) in [4.78, 5) is 25.6. The molecule has 0 unspecified atom stereocenters. The van der Waals surface area contributed by atoms with E-state index in [2.05, 4.69) is 0 Å². The molecule has 27 heavy (non-hydrogen) atoms. The lowest BCUT2D eigenvalue weighted by molar-refractivity contribution is 0.0483. The summed E-state index contributed by atoms with van der Waals surface area (Å²) >= 11 is 0. The quantitative estimate of drug-likeness (QED) is 0.489. The Morgan fingerprint density at radius 3 is 2.19 bits per heavy atom. The van der Waals surface area contributed by atoms with Gasteiger partial charge in [-0.2, -0.15) is 0 Å². The van der Waals surface area contributed by atoms with Crippen LogP contribution in [-0.2, 0) is 9.47 Å². The highest BCUT2D eigenvalue weighted by atomic mass is 16.5. The summed E-state index contributed by atoms with van der Waals surface area (Å²) in [5, 5.41) is 0. The van der Waals surface area contributed by atoms with Crippen molar-refractivity contribution in [3.8, 4) is 11.1 Å². The molecule has 0 saturated heterocycles. The number of carbonyl (C=O) groups is 2. The van der Waals surface area contributed by atoms with E-state index in [-0.39, 0.29) is 24.3 Å². The van der Waals surface area contributed by atoms with Gasteiger partial charge >= 0.3 is 11.9 Å². The Balaban J connectivity index is 2.12. The van der Waals surface area contributed by atoms with Gasteiger partial charge in [0.2, 0.25) is 0 Å². The predicted molar refractivity (Wildman–Crippen MR) is 103 cm³/mol. The normalized spacial score (nSPS) is 11.2. The molecule has 0 bridgehead atoms. The lowest BCUT2D eigenvalue weighted by Gasteiger charge is -2.06. The molecule has 0 amide bonds. The summed E-state index contributed by atoms with van der Waals surface area (Å²) in [6.45, 7) is 3.95. The van der Waals surface area contributed by atoms with Gasteiger partial charge in [-0.15, -0.1) is 0 Å². The maximum atomic E-state index is 12.9. The first-order valence-electron chi connectivity index (χ1n) is 8.96. The molecular weight excluding hydrogens is 342 g/mol. The Kier molecular flexibility index (Phi) is 4.28. The number of benzene rings is 1. The van der Waals surface area contributed by atoms with E-state index in [4.69, 9.17) is 9.47 Å². The van der Waals surface area contributed by atoms with E-state index in [0.29, 0.717) is 11.0 Å². The van der Waals surface area contributed by atoms with Crippen molar-refractivity contribution in [2.75, 3.05) is 13.2 Å². The minimum absolute atomic E-state index is 0.226. The number of nitrogens with zero attached hydrogens (tertiary/aromatic N) is 1. The minimum Gasteiger partial charge on any atom is -0.462 e. The zero-order valence-electron chi connectivity index (χ0n) is 15.2. The average Bonchev–Trinajstić information content (AvgIpc) is 3.23. The van der Waals surface area contributed by atoms with Crippen LogP contribution in [0.4, 0.5) is 0 Å². The van der Waals surface area contributed by atoms with Crippen molar-refractivity contribution in [2.45, 2.75) is 13.8 Å². The molecule has 5 heteroatoms. The van der Waals surface area contributed by atoms with E-state index in [1.165, 1.54) is 0 Å². The molecule has 0 atom stereocenters. The molecular formula is C22H19NO4. The van der Waals surface area contributed by atoms with E-state index in [1.54, 1.807) is 13.8 Å². The standard InChI is InChI=1S/C22H19NO4/c1-3-26-21(24)18-17-12-8-11-15-13-16(14-9-6-5-7-10-14)20(23(15)17)19(18)22(25)27-4-2/h5-13H,3-4H2,1-2H3. The highest BCUT2D eigenvalue weighted by Crippen LogP contribution is 2.38. The fraction of sp³-hybridized carbons (Fsp3) is 0.182. The van der Waals surface area contributed by atoms with Crippen LogP contribution >= 0.6 is 0 Å². The highest BCUT2D eigenvalue weighted by Gasteiger charge is 2.31. The van der Waals surface area contributed by atoms with Gasteiger partial charge in [-0.05, 0) is 37.6 Å². The monoisotopic (exact) mass is 361 g/mol. The summed E-state index contributed by atoms with van der Waals surface area (Å²) in [5.41, 5.74) is 4.59. The topological polar surface area (TPSA) is 57.0 Å². The molecule has 0 aliphatic carbocycles. The zero-order chi connectivity index (χ0) is 19.0.